The van der Waals surface area contributed by atoms with E-state index in [0.29, 0.717) is 0 Å². The standard InChI is InChI=1S/C29H31N3O2/c1-29(18-20-9-5-7-19-8-6-11-24(29)27(19)20)31-15-13-21(14-16-31)32-25-12-4-3-10-22(25)23(28(32)34)17-26(33)30-2/h3-12,21,23H,13-18H2,1-2H3,(H,30,33)/t23?,29-/m0/s1. The average molecular weight is 454 g/mol. The highest BCUT2D eigenvalue weighted by Crippen LogP contribution is 2.47. The smallest absolute Gasteiger partial charge is 0.235 e. The number of rotatable bonds is 4. The molecule has 3 aromatic rings. The second kappa shape index (κ2) is 7.95. The van der Waals surface area contributed by atoms with E-state index < -0.39 is 0 Å². The Morgan fingerprint density at radius 3 is 2.53 bits per heavy atom. The highest BCUT2D eigenvalue weighted by molar-refractivity contribution is 6.07. The van der Waals surface area contributed by atoms with Crippen molar-refractivity contribution >= 4 is 28.3 Å². The van der Waals surface area contributed by atoms with Gasteiger partial charge in [0.1, 0.15) is 0 Å². The van der Waals surface area contributed by atoms with Gasteiger partial charge in [0.05, 0.1) is 5.92 Å². The van der Waals surface area contributed by atoms with Crippen LogP contribution in [0.5, 0.6) is 0 Å². The minimum absolute atomic E-state index is 0.0111. The highest BCUT2D eigenvalue weighted by Gasteiger charge is 2.45. The predicted octanol–water partition coefficient (Wildman–Crippen LogP) is 4.34. The van der Waals surface area contributed by atoms with E-state index in [-0.39, 0.29) is 35.7 Å². The number of fused-ring (bicyclic) bond motifs is 1. The Balaban J connectivity index is 1.24. The minimum atomic E-state index is -0.381. The van der Waals surface area contributed by atoms with Gasteiger partial charge >= 0.3 is 0 Å². The van der Waals surface area contributed by atoms with Crippen molar-refractivity contribution in [1.29, 1.82) is 0 Å². The summed E-state index contributed by atoms with van der Waals surface area (Å²) in [6, 6.07) is 21.5. The molecule has 1 fully saturated rings. The molecular formula is C29H31N3O2. The van der Waals surface area contributed by atoms with Crippen molar-refractivity contribution in [2.45, 2.75) is 50.1 Å². The Labute approximate surface area is 200 Å². The molecule has 1 saturated heterocycles. The molecule has 0 radical (unpaired) electrons. The maximum atomic E-state index is 13.5. The largest absolute Gasteiger partial charge is 0.359 e. The van der Waals surface area contributed by atoms with Crippen LogP contribution in [-0.2, 0) is 21.5 Å². The third kappa shape index (κ3) is 3.10. The first-order chi connectivity index (χ1) is 16.5. The van der Waals surface area contributed by atoms with Crippen LogP contribution in [0.25, 0.3) is 10.8 Å². The van der Waals surface area contributed by atoms with Crippen LogP contribution in [0.2, 0.25) is 0 Å². The number of anilines is 1. The van der Waals surface area contributed by atoms with Crippen LogP contribution >= 0.6 is 0 Å². The average Bonchev–Trinajstić information content (AvgIpc) is 3.32. The summed E-state index contributed by atoms with van der Waals surface area (Å²) in [5.74, 6) is -0.395. The van der Waals surface area contributed by atoms with Crippen LogP contribution in [0.15, 0.2) is 60.7 Å². The number of hydrogen-bond acceptors (Lipinski definition) is 3. The molecule has 5 heteroatoms. The van der Waals surface area contributed by atoms with Crippen molar-refractivity contribution < 1.29 is 9.59 Å². The summed E-state index contributed by atoms with van der Waals surface area (Å²) in [5.41, 5.74) is 4.85. The number of amides is 2. The topological polar surface area (TPSA) is 52.7 Å². The van der Waals surface area contributed by atoms with Gasteiger partial charge < -0.3 is 10.2 Å². The summed E-state index contributed by atoms with van der Waals surface area (Å²) in [6.07, 6.45) is 3.12. The number of nitrogens with zero attached hydrogens (tertiary/aromatic N) is 2. The van der Waals surface area contributed by atoms with Crippen LogP contribution in [-0.4, -0.2) is 42.9 Å². The summed E-state index contributed by atoms with van der Waals surface area (Å²) in [6.45, 7) is 4.30. The third-order valence-corrected chi connectivity index (χ3v) is 8.41. The van der Waals surface area contributed by atoms with Crippen molar-refractivity contribution in [3.63, 3.8) is 0 Å². The summed E-state index contributed by atoms with van der Waals surface area (Å²) in [5, 5.41) is 5.43. The predicted molar refractivity (Wildman–Crippen MR) is 135 cm³/mol. The van der Waals surface area contributed by atoms with Gasteiger partial charge in [0.2, 0.25) is 11.8 Å². The number of carbonyl (C=O) groups is 2. The molecule has 2 heterocycles. The molecule has 1 N–H and O–H groups in total. The first kappa shape index (κ1) is 21.4. The van der Waals surface area contributed by atoms with Gasteiger partial charge in [0.25, 0.3) is 0 Å². The van der Waals surface area contributed by atoms with Crippen molar-refractivity contribution in [2.75, 3.05) is 25.0 Å². The summed E-state index contributed by atoms with van der Waals surface area (Å²) in [7, 11) is 1.63. The fourth-order valence-electron chi connectivity index (χ4n) is 6.66. The van der Waals surface area contributed by atoms with Gasteiger partial charge in [-0.15, -0.1) is 0 Å². The maximum Gasteiger partial charge on any atom is 0.235 e. The van der Waals surface area contributed by atoms with E-state index in [2.05, 4.69) is 53.5 Å². The molecular weight excluding hydrogens is 422 g/mol. The third-order valence-electron chi connectivity index (χ3n) is 8.41. The molecule has 0 bridgehead atoms. The minimum Gasteiger partial charge on any atom is -0.359 e. The normalized spacial score (nSPS) is 24.6. The Bertz CT molecular complexity index is 1290. The fourth-order valence-corrected chi connectivity index (χ4v) is 6.66. The van der Waals surface area contributed by atoms with Gasteiger partial charge in [0.15, 0.2) is 0 Å². The zero-order valence-corrected chi connectivity index (χ0v) is 19.9. The monoisotopic (exact) mass is 453 g/mol. The number of carbonyl (C=O) groups excluding carboxylic acids is 2. The molecule has 6 rings (SSSR count). The molecule has 2 amide bonds. The first-order valence-corrected chi connectivity index (χ1v) is 12.4. The Morgan fingerprint density at radius 2 is 1.76 bits per heavy atom. The van der Waals surface area contributed by atoms with Gasteiger partial charge in [-0.2, -0.15) is 0 Å². The van der Waals surface area contributed by atoms with Crippen molar-refractivity contribution in [1.82, 2.24) is 10.2 Å². The molecule has 174 valence electrons. The lowest BCUT2D eigenvalue weighted by Crippen LogP contribution is -2.52. The number of likely N-dealkylation sites (tertiary alicyclic amines) is 1. The molecule has 3 aliphatic rings. The van der Waals surface area contributed by atoms with Crippen molar-refractivity contribution in [3.05, 3.63) is 77.4 Å². The number of nitrogens with one attached hydrogen (secondary N) is 1. The van der Waals surface area contributed by atoms with E-state index in [0.717, 1.165) is 43.6 Å². The lowest BCUT2D eigenvalue weighted by atomic mass is 9.88. The molecule has 0 aromatic heterocycles. The maximum absolute atomic E-state index is 13.5. The second-order valence-corrected chi connectivity index (χ2v) is 10.2. The van der Waals surface area contributed by atoms with E-state index in [9.17, 15) is 9.59 Å². The van der Waals surface area contributed by atoms with Crippen LogP contribution in [0.3, 0.4) is 0 Å². The fraction of sp³-hybridized carbons (Fsp3) is 0.379. The zero-order valence-electron chi connectivity index (χ0n) is 19.9. The van der Waals surface area contributed by atoms with Crippen LogP contribution < -0.4 is 10.2 Å². The van der Waals surface area contributed by atoms with Gasteiger partial charge in [-0.1, -0.05) is 54.6 Å². The highest BCUT2D eigenvalue weighted by atomic mass is 16.2. The molecule has 2 aliphatic heterocycles. The second-order valence-electron chi connectivity index (χ2n) is 10.2. The van der Waals surface area contributed by atoms with E-state index in [1.54, 1.807) is 7.05 Å². The van der Waals surface area contributed by atoms with Crippen LogP contribution in [0.4, 0.5) is 5.69 Å². The van der Waals surface area contributed by atoms with Gasteiger partial charge in [-0.25, -0.2) is 0 Å². The molecule has 2 atom stereocenters. The summed E-state index contributed by atoms with van der Waals surface area (Å²) in [4.78, 5) is 30.3. The molecule has 1 unspecified atom stereocenters. The van der Waals surface area contributed by atoms with Crippen LogP contribution in [0, 0.1) is 0 Å². The summed E-state index contributed by atoms with van der Waals surface area (Å²) >= 11 is 0. The number of benzene rings is 3. The Hall–Kier alpha value is -3.18. The number of hydrogen-bond donors (Lipinski definition) is 1. The van der Waals surface area contributed by atoms with Crippen molar-refractivity contribution in [2.24, 2.45) is 0 Å². The van der Waals surface area contributed by atoms with E-state index in [1.807, 2.05) is 29.2 Å². The van der Waals surface area contributed by atoms with Gasteiger partial charge in [-0.3, -0.25) is 14.5 Å². The molecule has 3 aromatic carbocycles. The number of para-hydroxylation sites is 1. The van der Waals surface area contributed by atoms with Gasteiger partial charge in [0, 0.05) is 43.8 Å². The lowest BCUT2D eigenvalue weighted by Gasteiger charge is -2.45. The van der Waals surface area contributed by atoms with E-state index in [1.165, 1.54) is 21.9 Å². The molecule has 5 nitrogen and oxygen atoms in total. The first-order valence-electron chi connectivity index (χ1n) is 12.4. The molecule has 0 saturated carbocycles. The molecule has 0 spiro atoms. The summed E-state index contributed by atoms with van der Waals surface area (Å²) < 4.78 is 0. The lowest BCUT2D eigenvalue weighted by molar-refractivity contribution is -0.126. The zero-order chi connectivity index (χ0) is 23.4. The molecule has 1 aliphatic carbocycles. The van der Waals surface area contributed by atoms with E-state index >= 15 is 0 Å². The number of piperidine rings is 1. The van der Waals surface area contributed by atoms with Crippen LogP contribution in [0.1, 0.15) is 48.8 Å². The SMILES string of the molecule is CNC(=O)CC1C(=O)N(C2CCN([C@@]3(C)Cc4cccc5cccc3c45)CC2)c2ccccc21. The quantitative estimate of drug-likeness (QED) is 0.639. The van der Waals surface area contributed by atoms with Gasteiger partial charge in [-0.05, 0) is 59.7 Å². The van der Waals surface area contributed by atoms with Crippen molar-refractivity contribution in [3.8, 4) is 0 Å². The Morgan fingerprint density at radius 1 is 1.03 bits per heavy atom. The Kier molecular flexibility index (Phi) is 4.99. The molecule has 34 heavy (non-hydrogen) atoms. The van der Waals surface area contributed by atoms with E-state index in [4.69, 9.17) is 0 Å².